The summed E-state index contributed by atoms with van der Waals surface area (Å²) >= 11 is 6.03. The van der Waals surface area contributed by atoms with Crippen LogP contribution in [0.15, 0.2) is 12.1 Å². The molecule has 4 nitrogen and oxygen atoms in total. The molecule has 1 aromatic carbocycles. The van der Waals surface area contributed by atoms with Gasteiger partial charge in [-0.05, 0) is 24.6 Å². The molecule has 0 aliphatic carbocycles. The first-order chi connectivity index (χ1) is 7.99. The number of amides is 1. The van der Waals surface area contributed by atoms with Crippen LogP contribution in [0.25, 0.3) is 0 Å². The molecule has 17 heavy (non-hydrogen) atoms. The Morgan fingerprint density at radius 1 is 1.53 bits per heavy atom. The van der Waals surface area contributed by atoms with Gasteiger partial charge in [0.25, 0.3) is 0 Å². The molecule has 5 heteroatoms. The van der Waals surface area contributed by atoms with E-state index in [9.17, 15) is 4.79 Å². The fourth-order valence-corrected chi connectivity index (χ4v) is 1.66. The van der Waals surface area contributed by atoms with Gasteiger partial charge in [0.05, 0.1) is 7.11 Å². The second-order valence-corrected chi connectivity index (χ2v) is 4.23. The summed E-state index contributed by atoms with van der Waals surface area (Å²) in [7, 11) is 3.19. The van der Waals surface area contributed by atoms with Gasteiger partial charge in [-0.2, -0.15) is 0 Å². The molecular formula is C12H16ClNO3. The van der Waals surface area contributed by atoms with Gasteiger partial charge in [-0.3, -0.25) is 4.79 Å². The van der Waals surface area contributed by atoms with Crippen LogP contribution in [0.5, 0.6) is 5.75 Å². The number of rotatable bonds is 4. The average Bonchev–Trinajstić information content (AvgIpc) is 2.32. The Morgan fingerprint density at radius 2 is 2.18 bits per heavy atom. The van der Waals surface area contributed by atoms with Gasteiger partial charge >= 0.3 is 0 Å². The van der Waals surface area contributed by atoms with Crippen LogP contribution < -0.4 is 4.74 Å². The van der Waals surface area contributed by atoms with Crippen molar-refractivity contribution < 1.29 is 14.6 Å². The fourth-order valence-electron chi connectivity index (χ4n) is 1.47. The number of hydrogen-bond acceptors (Lipinski definition) is 3. The molecule has 0 heterocycles. The zero-order chi connectivity index (χ0) is 13.0. The highest BCUT2D eigenvalue weighted by molar-refractivity contribution is 6.31. The first kappa shape index (κ1) is 13.8. The van der Waals surface area contributed by atoms with E-state index in [1.807, 2.05) is 13.0 Å². The van der Waals surface area contributed by atoms with Crippen molar-refractivity contribution in [3.8, 4) is 5.75 Å². The van der Waals surface area contributed by atoms with Gasteiger partial charge in [0.15, 0.2) is 0 Å². The molecular weight excluding hydrogens is 242 g/mol. The molecule has 0 saturated heterocycles. The van der Waals surface area contributed by atoms with Crippen molar-refractivity contribution >= 4 is 17.5 Å². The van der Waals surface area contributed by atoms with Crippen molar-refractivity contribution in [2.24, 2.45) is 0 Å². The molecule has 0 spiro atoms. The summed E-state index contributed by atoms with van der Waals surface area (Å²) in [5.74, 6) is 0.341. The molecule has 0 unspecified atom stereocenters. The topological polar surface area (TPSA) is 49.8 Å². The summed E-state index contributed by atoms with van der Waals surface area (Å²) in [5, 5.41) is 9.39. The summed E-state index contributed by atoms with van der Waals surface area (Å²) in [6.45, 7) is 1.73. The minimum atomic E-state index is -0.502. The number of aliphatic hydroxyl groups is 1. The first-order valence-corrected chi connectivity index (χ1v) is 5.55. The van der Waals surface area contributed by atoms with E-state index in [4.69, 9.17) is 21.4 Å². The number of carbonyl (C=O) groups excluding carboxylic acids is 1. The SMILES string of the molecule is COc1cc(C)c(Cl)cc1CN(C)C(=O)CO. The minimum Gasteiger partial charge on any atom is -0.496 e. The lowest BCUT2D eigenvalue weighted by Crippen LogP contribution is -2.28. The predicted molar refractivity (Wildman–Crippen MR) is 66.3 cm³/mol. The van der Waals surface area contributed by atoms with E-state index in [0.717, 1.165) is 11.1 Å². The summed E-state index contributed by atoms with van der Waals surface area (Å²) < 4.78 is 5.24. The number of aryl methyl sites for hydroxylation is 1. The Balaban J connectivity index is 2.97. The quantitative estimate of drug-likeness (QED) is 0.892. The first-order valence-electron chi connectivity index (χ1n) is 5.17. The molecule has 1 N–H and O–H groups in total. The van der Waals surface area contributed by atoms with Crippen molar-refractivity contribution in [3.63, 3.8) is 0 Å². The second-order valence-electron chi connectivity index (χ2n) is 3.82. The lowest BCUT2D eigenvalue weighted by Gasteiger charge is -2.18. The highest BCUT2D eigenvalue weighted by Crippen LogP contribution is 2.27. The van der Waals surface area contributed by atoms with E-state index in [2.05, 4.69) is 0 Å². The smallest absolute Gasteiger partial charge is 0.248 e. The van der Waals surface area contributed by atoms with Crippen LogP contribution in [0.1, 0.15) is 11.1 Å². The molecule has 0 aliphatic heterocycles. The van der Waals surface area contributed by atoms with Gasteiger partial charge in [-0.1, -0.05) is 11.6 Å². The Morgan fingerprint density at radius 3 is 2.71 bits per heavy atom. The molecule has 0 fully saturated rings. The van der Waals surface area contributed by atoms with E-state index in [1.165, 1.54) is 4.90 Å². The molecule has 1 amide bonds. The standard InChI is InChI=1S/C12H16ClNO3/c1-8-4-11(17-3)9(5-10(8)13)6-14(2)12(16)7-15/h4-5,15H,6-7H2,1-3H3. The average molecular weight is 258 g/mol. The highest BCUT2D eigenvalue weighted by Gasteiger charge is 2.12. The number of benzene rings is 1. The second kappa shape index (κ2) is 5.89. The maximum Gasteiger partial charge on any atom is 0.248 e. The minimum absolute atomic E-state index is 0.344. The van der Waals surface area contributed by atoms with E-state index >= 15 is 0 Å². The van der Waals surface area contributed by atoms with Gasteiger partial charge in [0.1, 0.15) is 12.4 Å². The molecule has 0 saturated carbocycles. The molecule has 0 bridgehead atoms. The number of carbonyl (C=O) groups is 1. The summed E-state index contributed by atoms with van der Waals surface area (Å²) in [4.78, 5) is 12.7. The lowest BCUT2D eigenvalue weighted by molar-refractivity contribution is -0.133. The predicted octanol–water partition coefficient (Wildman–Crippen LogP) is 1.61. The zero-order valence-corrected chi connectivity index (χ0v) is 10.9. The van der Waals surface area contributed by atoms with E-state index in [-0.39, 0.29) is 5.91 Å². The molecule has 0 aromatic heterocycles. The molecule has 94 valence electrons. The van der Waals surface area contributed by atoms with Crippen LogP contribution >= 0.6 is 11.6 Å². The third-order valence-electron chi connectivity index (χ3n) is 2.53. The number of likely N-dealkylation sites (N-methyl/N-ethyl adjacent to an activating group) is 1. The van der Waals surface area contributed by atoms with E-state index in [0.29, 0.717) is 17.3 Å². The van der Waals surface area contributed by atoms with Crippen LogP contribution in [0.3, 0.4) is 0 Å². The van der Waals surface area contributed by atoms with Crippen molar-refractivity contribution in [1.82, 2.24) is 4.90 Å². The largest absolute Gasteiger partial charge is 0.496 e. The van der Waals surface area contributed by atoms with E-state index in [1.54, 1.807) is 20.2 Å². The Bertz CT molecular complexity index is 420. The van der Waals surface area contributed by atoms with Crippen molar-refractivity contribution in [2.75, 3.05) is 20.8 Å². The molecule has 0 radical (unpaired) electrons. The van der Waals surface area contributed by atoms with Crippen LogP contribution in [-0.2, 0) is 11.3 Å². The molecule has 0 atom stereocenters. The monoisotopic (exact) mass is 257 g/mol. The van der Waals surface area contributed by atoms with Crippen molar-refractivity contribution in [3.05, 3.63) is 28.3 Å². The zero-order valence-electron chi connectivity index (χ0n) is 10.2. The van der Waals surface area contributed by atoms with Crippen LogP contribution in [0.4, 0.5) is 0 Å². The summed E-state index contributed by atoms with van der Waals surface area (Å²) in [6, 6.07) is 3.60. The van der Waals surface area contributed by atoms with Crippen molar-refractivity contribution in [1.29, 1.82) is 0 Å². The molecule has 1 rings (SSSR count). The normalized spacial score (nSPS) is 10.2. The third kappa shape index (κ3) is 3.35. The van der Waals surface area contributed by atoms with Crippen LogP contribution in [-0.4, -0.2) is 36.7 Å². The number of methoxy groups -OCH3 is 1. The Kier molecular flexibility index (Phi) is 4.78. The van der Waals surface area contributed by atoms with E-state index < -0.39 is 6.61 Å². The summed E-state index contributed by atoms with van der Waals surface area (Å²) in [5.41, 5.74) is 1.73. The lowest BCUT2D eigenvalue weighted by atomic mass is 10.1. The van der Waals surface area contributed by atoms with Gasteiger partial charge in [0, 0.05) is 24.2 Å². The van der Waals surface area contributed by atoms with Gasteiger partial charge < -0.3 is 14.7 Å². The highest BCUT2D eigenvalue weighted by atomic mass is 35.5. The Hall–Kier alpha value is -1.26. The number of aliphatic hydroxyl groups excluding tert-OH is 1. The molecule has 0 aliphatic rings. The maximum atomic E-state index is 11.3. The number of ether oxygens (including phenoxy) is 1. The van der Waals surface area contributed by atoms with Gasteiger partial charge in [-0.25, -0.2) is 0 Å². The fraction of sp³-hybridized carbons (Fsp3) is 0.417. The number of halogens is 1. The number of nitrogens with zero attached hydrogens (tertiary/aromatic N) is 1. The maximum absolute atomic E-state index is 11.3. The molecule has 1 aromatic rings. The van der Waals surface area contributed by atoms with Crippen LogP contribution in [0.2, 0.25) is 5.02 Å². The third-order valence-corrected chi connectivity index (χ3v) is 2.94. The number of hydrogen-bond donors (Lipinski definition) is 1. The summed E-state index contributed by atoms with van der Waals surface area (Å²) in [6.07, 6.45) is 0. The van der Waals surface area contributed by atoms with Crippen LogP contribution in [0, 0.1) is 6.92 Å². The Labute approximate surface area is 106 Å². The van der Waals surface area contributed by atoms with Gasteiger partial charge in [0.2, 0.25) is 5.91 Å². The van der Waals surface area contributed by atoms with Gasteiger partial charge in [-0.15, -0.1) is 0 Å². The van der Waals surface area contributed by atoms with Crippen molar-refractivity contribution in [2.45, 2.75) is 13.5 Å².